The van der Waals surface area contributed by atoms with Gasteiger partial charge < -0.3 is 15.4 Å². The first kappa shape index (κ1) is 14.7. The molecule has 2 rings (SSSR count). The van der Waals surface area contributed by atoms with Crippen LogP contribution in [0.3, 0.4) is 0 Å². The zero-order valence-electron chi connectivity index (χ0n) is 12.3. The maximum absolute atomic E-state index is 11.8. The summed E-state index contributed by atoms with van der Waals surface area (Å²) in [5.41, 5.74) is 7.04. The molecule has 0 unspecified atom stereocenters. The standard InChI is InChI=1S/C15H23N3O2/c1-17(2)15(19)12-5-6-14(13(16)11-12)20-10-9-18-7-3-4-8-18/h5-6,11H,3-4,7-10,16H2,1-2H3. The van der Waals surface area contributed by atoms with Crippen molar-refractivity contribution in [1.82, 2.24) is 9.80 Å². The molecule has 0 saturated carbocycles. The zero-order valence-corrected chi connectivity index (χ0v) is 12.3. The van der Waals surface area contributed by atoms with Crippen molar-refractivity contribution >= 4 is 11.6 Å². The number of likely N-dealkylation sites (tertiary alicyclic amines) is 1. The van der Waals surface area contributed by atoms with Gasteiger partial charge in [0.1, 0.15) is 12.4 Å². The number of hydrogen-bond acceptors (Lipinski definition) is 4. The van der Waals surface area contributed by atoms with E-state index in [1.807, 2.05) is 0 Å². The van der Waals surface area contributed by atoms with Gasteiger partial charge in [-0.3, -0.25) is 9.69 Å². The Kier molecular flexibility index (Phi) is 4.84. The van der Waals surface area contributed by atoms with Crippen LogP contribution in [0.4, 0.5) is 5.69 Å². The van der Waals surface area contributed by atoms with Crippen LogP contribution < -0.4 is 10.5 Å². The van der Waals surface area contributed by atoms with Crippen LogP contribution in [0.15, 0.2) is 18.2 Å². The van der Waals surface area contributed by atoms with E-state index in [2.05, 4.69) is 4.90 Å². The second-order valence-electron chi connectivity index (χ2n) is 5.35. The van der Waals surface area contributed by atoms with Crippen molar-refractivity contribution < 1.29 is 9.53 Å². The SMILES string of the molecule is CN(C)C(=O)c1ccc(OCCN2CCCC2)c(N)c1. The fourth-order valence-corrected chi connectivity index (χ4v) is 2.36. The highest BCUT2D eigenvalue weighted by atomic mass is 16.5. The molecule has 5 nitrogen and oxygen atoms in total. The van der Waals surface area contributed by atoms with Gasteiger partial charge in [-0.2, -0.15) is 0 Å². The van der Waals surface area contributed by atoms with Crippen molar-refractivity contribution in [1.29, 1.82) is 0 Å². The van der Waals surface area contributed by atoms with Crippen molar-refractivity contribution in [3.63, 3.8) is 0 Å². The molecule has 1 aliphatic heterocycles. The predicted molar refractivity (Wildman–Crippen MR) is 80.0 cm³/mol. The Hall–Kier alpha value is -1.75. The number of hydrogen-bond donors (Lipinski definition) is 1. The molecular weight excluding hydrogens is 254 g/mol. The van der Waals surface area contributed by atoms with E-state index in [4.69, 9.17) is 10.5 Å². The summed E-state index contributed by atoms with van der Waals surface area (Å²) in [6, 6.07) is 5.20. The first-order valence-corrected chi connectivity index (χ1v) is 7.04. The molecule has 20 heavy (non-hydrogen) atoms. The number of benzene rings is 1. The van der Waals surface area contributed by atoms with Gasteiger partial charge in [0.2, 0.25) is 0 Å². The average molecular weight is 277 g/mol. The summed E-state index contributed by atoms with van der Waals surface area (Å²) in [4.78, 5) is 15.7. The van der Waals surface area contributed by atoms with Gasteiger partial charge in [0.25, 0.3) is 5.91 Å². The molecule has 2 N–H and O–H groups in total. The molecule has 0 aromatic heterocycles. The second kappa shape index (κ2) is 6.61. The quantitative estimate of drug-likeness (QED) is 0.828. The normalized spacial score (nSPS) is 15.3. The number of ether oxygens (including phenoxy) is 1. The number of carbonyl (C=O) groups excluding carboxylic acids is 1. The van der Waals surface area contributed by atoms with Gasteiger partial charge in [-0.15, -0.1) is 0 Å². The van der Waals surface area contributed by atoms with Crippen molar-refractivity contribution in [2.45, 2.75) is 12.8 Å². The number of anilines is 1. The molecule has 0 aliphatic carbocycles. The Labute approximate surface area is 120 Å². The smallest absolute Gasteiger partial charge is 0.253 e. The lowest BCUT2D eigenvalue weighted by molar-refractivity contribution is 0.0827. The summed E-state index contributed by atoms with van der Waals surface area (Å²) in [5, 5.41) is 0. The van der Waals surface area contributed by atoms with Gasteiger partial charge in [0.05, 0.1) is 5.69 Å². The molecule has 5 heteroatoms. The highest BCUT2D eigenvalue weighted by Crippen LogP contribution is 2.23. The van der Waals surface area contributed by atoms with E-state index < -0.39 is 0 Å². The molecular formula is C15H23N3O2. The van der Waals surface area contributed by atoms with E-state index >= 15 is 0 Å². The van der Waals surface area contributed by atoms with Gasteiger partial charge in [0.15, 0.2) is 0 Å². The second-order valence-corrected chi connectivity index (χ2v) is 5.35. The van der Waals surface area contributed by atoms with Gasteiger partial charge in [-0.1, -0.05) is 0 Å². The van der Waals surface area contributed by atoms with E-state index in [-0.39, 0.29) is 5.91 Å². The minimum Gasteiger partial charge on any atom is -0.490 e. The predicted octanol–water partition coefficient (Wildman–Crippen LogP) is 1.45. The Morgan fingerprint density at radius 1 is 1.35 bits per heavy atom. The lowest BCUT2D eigenvalue weighted by atomic mass is 10.1. The lowest BCUT2D eigenvalue weighted by Gasteiger charge is -2.16. The van der Waals surface area contributed by atoms with Crippen LogP contribution in [0.2, 0.25) is 0 Å². The third kappa shape index (κ3) is 3.63. The molecule has 1 aromatic carbocycles. The van der Waals surface area contributed by atoms with Crippen LogP contribution >= 0.6 is 0 Å². The molecule has 1 aromatic rings. The third-order valence-electron chi connectivity index (χ3n) is 3.53. The van der Waals surface area contributed by atoms with Crippen molar-refractivity contribution in [2.24, 2.45) is 0 Å². The number of rotatable bonds is 5. The Balaban J connectivity index is 1.90. The Morgan fingerprint density at radius 2 is 2.05 bits per heavy atom. The summed E-state index contributed by atoms with van der Waals surface area (Å²) >= 11 is 0. The molecule has 1 amide bonds. The molecule has 1 saturated heterocycles. The number of nitrogens with zero attached hydrogens (tertiary/aromatic N) is 2. The number of nitrogens with two attached hydrogens (primary N) is 1. The monoisotopic (exact) mass is 277 g/mol. The van der Waals surface area contributed by atoms with Crippen LogP contribution in [0, 0.1) is 0 Å². The fraction of sp³-hybridized carbons (Fsp3) is 0.533. The van der Waals surface area contributed by atoms with E-state index in [1.165, 1.54) is 17.7 Å². The fourth-order valence-electron chi connectivity index (χ4n) is 2.36. The Bertz CT molecular complexity index is 468. The topological polar surface area (TPSA) is 58.8 Å². The third-order valence-corrected chi connectivity index (χ3v) is 3.53. The molecule has 1 heterocycles. The summed E-state index contributed by atoms with van der Waals surface area (Å²) in [6.45, 7) is 3.88. The van der Waals surface area contributed by atoms with Gasteiger partial charge >= 0.3 is 0 Å². The molecule has 1 fully saturated rings. The lowest BCUT2D eigenvalue weighted by Crippen LogP contribution is -2.25. The minimum atomic E-state index is -0.0553. The van der Waals surface area contributed by atoms with Crippen LogP contribution in [-0.2, 0) is 0 Å². The van der Waals surface area contributed by atoms with Gasteiger partial charge in [0, 0.05) is 26.2 Å². The van der Waals surface area contributed by atoms with Gasteiger partial charge in [-0.05, 0) is 44.1 Å². The maximum atomic E-state index is 11.8. The minimum absolute atomic E-state index is 0.0553. The first-order chi connectivity index (χ1) is 9.58. The maximum Gasteiger partial charge on any atom is 0.253 e. The molecule has 0 radical (unpaired) electrons. The molecule has 0 atom stereocenters. The average Bonchev–Trinajstić information content (AvgIpc) is 2.92. The molecule has 110 valence electrons. The van der Waals surface area contributed by atoms with E-state index in [9.17, 15) is 4.79 Å². The van der Waals surface area contributed by atoms with Crippen LogP contribution in [0.1, 0.15) is 23.2 Å². The summed E-state index contributed by atoms with van der Waals surface area (Å²) in [7, 11) is 3.44. The molecule has 0 spiro atoms. The molecule has 1 aliphatic rings. The highest BCUT2D eigenvalue weighted by Gasteiger charge is 2.13. The number of carbonyl (C=O) groups is 1. The van der Waals surface area contributed by atoms with Crippen LogP contribution in [-0.4, -0.2) is 56.0 Å². The van der Waals surface area contributed by atoms with E-state index in [1.54, 1.807) is 32.3 Å². The largest absolute Gasteiger partial charge is 0.490 e. The van der Waals surface area contributed by atoms with E-state index in [0.717, 1.165) is 19.6 Å². The van der Waals surface area contributed by atoms with Crippen LogP contribution in [0.25, 0.3) is 0 Å². The van der Waals surface area contributed by atoms with Crippen molar-refractivity contribution in [3.05, 3.63) is 23.8 Å². The summed E-state index contributed by atoms with van der Waals surface area (Å²) < 4.78 is 5.70. The van der Waals surface area contributed by atoms with Crippen molar-refractivity contribution in [3.8, 4) is 5.75 Å². The Morgan fingerprint density at radius 3 is 2.65 bits per heavy atom. The zero-order chi connectivity index (χ0) is 14.5. The van der Waals surface area contributed by atoms with Crippen LogP contribution in [0.5, 0.6) is 5.75 Å². The summed E-state index contributed by atoms with van der Waals surface area (Å²) in [5.74, 6) is 0.597. The van der Waals surface area contributed by atoms with Gasteiger partial charge in [-0.25, -0.2) is 0 Å². The van der Waals surface area contributed by atoms with E-state index in [0.29, 0.717) is 23.6 Å². The summed E-state index contributed by atoms with van der Waals surface area (Å²) in [6.07, 6.45) is 2.56. The van der Waals surface area contributed by atoms with Crippen molar-refractivity contribution in [2.75, 3.05) is 46.1 Å². The highest BCUT2D eigenvalue weighted by molar-refractivity contribution is 5.95. The first-order valence-electron chi connectivity index (χ1n) is 7.04. The number of nitrogen functional groups attached to an aromatic ring is 1. The number of amides is 1. The molecule has 0 bridgehead atoms.